The van der Waals surface area contributed by atoms with Crippen LogP contribution >= 0.6 is 0 Å². The fraction of sp³-hybridized carbons (Fsp3) is 0.556. The van der Waals surface area contributed by atoms with E-state index in [1.165, 1.54) is 6.26 Å². The predicted molar refractivity (Wildman–Crippen MR) is 102 cm³/mol. The number of likely N-dealkylation sites (tertiary alicyclic amines) is 1. The maximum absolute atomic E-state index is 11.4. The van der Waals surface area contributed by atoms with Gasteiger partial charge >= 0.3 is 0 Å². The van der Waals surface area contributed by atoms with Gasteiger partial charge in [0.15, 0.2) is 0 Å². The van der Waals surface area contributed by atoms with E-state index in [1.807, 2.05) is 31.2 Å². The van der Waals surface area contributed by atoms with Crippen molar-refractivity contribution < 1.29 is 17.7 Å². The van der Waals surface area contributed by atoms with Gasteiger partial charge in [-0.15, -0.1) is 0 Å². The van der Waals surface area contributed by atoms with Crippen molar-refractivity contribution in [3.8, 4) is 17.1 Å². The van der Waals surface area contributed by atoms with E-state index < -0.39 is 10.0 Å². The number of piperidine rings is 1. The molecule has 1 aromatic carbocycles. The van der Waals surface area contributed by atoms with Crippen LogP contribution in [0.1, 0.15) is 32.1 Å². The fourth-order valence-electron chi connectivity index (χ4n) is 3.28. The first-order valence-corrected chi connectivity index (χ1v) is 11.1. The molecule has 148 valence electrons. The Hall–Kier alpha value is -1.97. The molecule has 0 spiro atoms. The Morgan fingerprint density at radius 1 is 1.33 bits per heavy atom. The average Bonchev–Trinajstić information content (AvgIpc) is 3.09. The second-order valence-corrected chi connectivity index (χ2v) is 8.51. The predicted octanol–water partition coefficient (Wildman–Crippen LogP) is 2.04. The molecular formula is C18H26N4O4S. The Bertz CT molecular complexity index is 853. The minimum Gasteiger partial charge on any atom is -0.493 e. The number of nitrogens with zero attached hydrogens (tertiary/aromatic N) is 3. The third-order valence-corrected chi connectivity index (χ3v) is 5.26. The molecule has 0 radical (unpaired) electrons. The average molecular weight is 394 g/mol. The third-order valence-electron chi connectivity index (χ3n) is 4.56. The summed E-state index contributed by atoms with van der Waals surface area (Å²) in [5, 5.41) is 4.10. The Balaban J connectivity index is 1.71. The molecule has 1 aromatic heterocycles. The molecule has 1 fully saturated rings. The van der Waals surface area contributed by atoms with E-state index in [2.05, 4.69) is 19.8 Å². The van der Waals surface area contributed by atoms with Crippen molar-refractivity contribution in [2.45, 2.75) is 38.8 Å². The van der Waals surface area contributed by atoms with Crippen LogP contribution in [-0.2, 0) is 16.6 Å². The fourth-order valence-corrected chi connectivity index (χ4v) is 3.78. The number of benzene rings is 1. The lowest BCUT2D eigenvalue weighted by Crippen LogP contribution is -2.46. The summed E-state index contributed by atoms with van der Waals surface area (Å²) in [7, 11) is -3.20. The molecule has 0 bridgehead atoms. The Morgan fingerprint density at radius 2 is 2.15 bits per heavy atom. The van der Waals surface area contributed by atoms with Crippen molar-refractivity contribution in [3.63, 3.8) is 0 Å². The lowest BCUT2D eigenvalue weighted by Gasteiger charge is -2.34. The van der Waals surface area contributed by atoms with Crippen LogP contribution in [0.5, 0.6) is 5.75 Å². The summed E-state index contributed by atoms with van der Waals surface area (Å²) in [4.78, 5) is 6.72. The number of hydrogen-bond donors (Lipinski definition) is 1. The van der Waals surface area contributed by atoms with Gasteiger partial charge in [-0.3, -0.25) is 4.90 Å². The van der Waals surface area contributed by atoms with E-state index in [4.69, 9.17) is 9.26 Å². The normalized spacial score (nSPS) is 18.5. The zero-order valence-electron chi connectivity index (χ0n) is 15.7. The van der Waals surface area contributed by atoms with Crippen LogP contribution in [0.3, 0.4) is 0 Å². The molecule has 0 aliphatic carbocycles. The third kappa shape index (κ3) is 5.50. The van der Waals surface area contributed by atoms with Gasteiger partial charge in [-0.1, -0.05) is 23.7 Å². The van der Waals surface area contributed by atoms with Crippen molar-refractivity contribution >= 4 is 10.0 Å². The first kappa shape index (κ1) is 19.8. The van der Waals surface area contributed by atoms with E-state index in [-0.39, 0.29) is 6.04 Å². The van der Waals surface area contributed by atoms with E-state index in [9.17, 15) is 8.42 Å². The number of sulfonamides is 1. The highest BCUT2D eigenvalue weighted by Gasteiger charge is 2.25. The minimum absolute atomic E-state index is 0.125. The Kier molecular flexibility index (Phi) is 6.46. The van der Waals surface area contributed by atoms with Crippen molar-refractivity contribution in [2.75, 3.05) is 26.0 Å². The largest absolute Gasteiger partial charge is 0.493 e. The van der Waals surface area contributed by atoms with Gasteiger partial charge in [0.05, 0.1) is 25.0 Å². The molecule has 1 saturated heterocycles. The second kappa shape index (κ2) is 8.81. The number of rotatable bonds is 8. The number of hydrogen-bond acceptors (Lipinski definition) is 7. The number of nitrogens with one attached hydrogen (secondary N) is 1. The molecule has 0 amide bonds. The molecule has 27 heavy (non-hydrogen) atoms. The summed E-state index contributed by atoms with van der Waals surface area (Å²) < 4.78 is 36.5. The van der Waals surface area contributed by atoms with Crippen LogP contribution in [0.15, 0.2) is 28.8 Å². The van der Waals surface area contributed by atoms with Crippen LogP contribution in [0.4, 0.5) is 0 Å². The summed E-state index contributed by atoms with van der Waals surface area (Å²) in [6, 6.07) is 7.72. The van der Waals surface area contributed by atoms with E-state index in [0.717, 1.165) is 37.1 Å². The molecule has 9 heteroatoms. The highest BCUT2D eigenvalue weighted by atomic mass is 32.2. The smallest absolute Gasteiger partial charge is 0.241 e. The molecule has 2 aromatic rings. The molecule has 1 N–H and O–H groups in total. The van der Waals surface area contributed by atoms with Gasteiger partial charge in [0.2, 0.25) is 21.7 Å². The van der Waals surface area contributed by atoms with Gasteiger partial charge in [0.25, 0.3) is 0 Å². The topological polar surface area (TPSA) is 97.6 Å². The van der Waals surface area contributed by atoms with Gasteiger partial charge in [-0.2, -0.15) is 4.98 Å². The summed E-state index contributed by atoms with van der Waals surface area (Å²) in [6.07, 6.45) is 4.28. The molecule has 8 nitrogen and oxygen atoms in total. The number of aromatic nitrogens is 2. The lowest BCUT2D eigenvalue weighted by atomic mass is 10.0. The Labute approximate surface area is 160 Å². The van der Waals surface area contributed by atoms with Gasteiger partial charge in [0, 0.05) is 12.6 Å². The molecular weight excluding hydrogens is 368 g/mol. The quantitative estimate of drug-likeness (QED) is 0.732. The monoisotopic (exact) mass is 394 g/mol. The van der Waals surface area contributed by atoms with Crippen molar-refractivity contribution in [3.05, 3.63) is 30.2 Å². The summed E-state index contributed by atoms with van der Waals surface area (Å²) in [6.45, 7) is 4.26. The molecule has 3 rings (SSSR count). The summed E-state index contributed by atoms with van der Waals surface area (Å²) >= 11 is 0. The van der Waals surface area contributed by atoms with Crippen LogP contribution in [0, 0.1) is 0 Å². The van der Waals surface area contributed by atoms with Crippen molar-refractivity contribution in [1.82, 2.24) is 19.8 Å². The number of ether oxygens (including phenoxy) is 1. The van der Waals surface area contributed by atoms with Gasteiger partial charge in [0.1, 0.15) is 5.75 Å². The van der Waals surface area contributed by atoms with Crippen LogP contribution in [0.25, 0.3) is 11.4 Å². The van der Waals surface area contributed by atoms with Gasteiger partial charge < -0.3 is 9.26 Å². The van der Waals surface area contributed by atoms with Crippen LogP contribution in [-0.4, -0.2) is 55.5 Å². The molecule has 0 unspecified atom stereocenters. The number of para-hydroxylation sites is 1. The van der Waals surface area contributed by atoms with Crippen molar-refractivity contribution in [1.29, 1.82) is 0 Å². The van der Waals surface area contributed by atoms with Crippen LogP contribution in [0.2, 0.25) is 0 Å². The maximum Gasteiger partial charge on any atom is 0.241 e. The SMILES string of the molecule is CCOc1ccccc1-c1noc(CN2CCCC[C@H]2CNS(C)(=O)=O)n1. The second-order valence-electron chi connectivity index (χ2n) is 6.68. The van der Waals surface area contributed by atoms with Gasteiger partial charge in [-0.05, 0) is 38.4 Å². The summed E-state index contributed by atoms with van der Waals surface area (Å²) in [5.74, 6) is 1.74. The first-order chi connectivity index (χ1) is 13.0. The zero-order valence-corrected chi connectivity index (χ0v) is 16.5. The zero-order chi connectivity index (χ0) is 19.3. The lowest BCUT2D eigenvalue weighted by molar-refractivity contribution is 0.125. The molecule has 1 aliphatic heterocycles. The maximum atomic E-state index is 11.4. The van der Waals surface area contributed by atoms with E-state index in [0.29, 0.717) is 31.4 Å². The molecule has 1 aliphatic rings. The minimum atomic E-state index is -3.20. The molecule has 0 saturated carbocycles. The Morgan fingerprint density at radius 3 is 2.93 bits per heavy atom. The highest BCUT2D eigenvalue weighted by Crippen LogP contribution is 2.28. The molecule has 1 atom stereocenters. The molecule has 2 heterocycles. The van der Waals surface area contributed by atoms with E-state index >= 15 is 0 Å². The van der Waals surface area contributed by atoms with Crippen LogP contribution < -0.4 is 9.46 Å². The van der Waals surface area contributed by atoms with Crippen molar-refractivity contribution in [2.24, 2.45) is 0 Å². The highest BCUT2D eigenvalue weighted by molar-refractivity contribution is 7.88. The van der Waals surface area contributed by atoms with E-state index in [1.54, 1.807) is 0 Å². The summed E-state index contributed by atoms with van der Waals surface area (Å²) in [5.41, 5.74) is 0.795. The standard InChI is InChI=1S/C18H26N4O4S/c1-3-25-16-10-5-4-9-15(16)18-20-17(26-21-18)13-22-11-7-6-8-14(22)12-19-27(2,23)24/h4-5,9-10,14,19H,3,6-8,11-13H2,1-2H3/t14-/m0/s1. The first-order valence-electron chi connectivity index (χ1n) is 9.19. The van der Waals surface area contributed by atoms with Gasteiger partial charge in [-0.25, -0.2) is 13.1 Å².